The van der Waals surface area contributed by atoms with Crippen LogP contribution in [0.15, 0.2) is 32.9 Å². The van der Waals surface area contributed by atoms with E-state index < -0.39 is 11.7 Å². The summed E-state index contributed by atoms with van der Waals surface area (Å²) in [5.41, 5.74) is 9.47. The lowest BCUT2D eigenvalue weighted by Crippen LogP contribution is -2.21. The molecular formula is C9H8BrF3N4. The molecule has 1 aromatic carbocycles. The molecule has 0 bridgehead atoms. The molecule has 0 radical (unpaired) electrons. The fourth-order valence-electron chi connectivity index (χ4n) is 1.01. The van der Waals surface area contributed by atoms with Crippen LogP contribution < -0.4 is 11.5 Å². The molecular weight excluding hydrogens is 301 g/mol. The van der Waals surface area contributed by atoms with E-state index in [-0.39, 0.29) is 11.5 Å². The maximum absolute atomic E-state index is 12.5. The van der Waals surface area contributed by atoms with Gasteiger partial charge < -0.3 is 11.5 Å². The van der Waals surface area contributed by atoms with Crippen LogP contribution in [0.25, 0.3) is 0 Å². The Balaban J connectivity index is 3.06. The third-order valence-corrected chi connectivity index (χ3v) is 2.09. The van der Waals surface area contributed by atoms with E-state index >= 15 is 0 Å². The van der Waals surface area contributed by atoms with E-state index in [1.54, 1.807) is 0 Å². The molecule has 92 valence electrons. The molecule has 0 saturated heterocycles. The van der Waals surface area contributed by atoms with Crippen molar-refractivity contribution in [2.45, 2.75) is 6.18 Å². The van der Waals surface area contributed by atoms with Gasteiger partial charge in [-0.15, -0.1) is 5.10 Å². The average molecular weight is 309 g/mol. The van der Waals surface area contributed by atoms with Crippen molar-refractivity contribution in [3.8, 4) is 0 Å². The lowest BCUT2D eigenvalue weighted by molar-refractivity contribution is -0.137. The van der Waals surface area contributed by atoms with E-state index in [4.69, 9.17) is 11.5 Å². The van der Waals surface area contributed by atoms with E-state index in [0.29, 0.717) is 4.47 Å². The summed E-state index contributed by atoms with van der Waals surface area (Å²) in [7, 11) is 0. The fourth-order valence-corrected chi connectivity index (χ4v) is 1.52. The van der Waals surface area contributed by atoms with E-state index in [1.165, 1.54) is 6.07 Å². The second kappa shape index (κ2) is 5.17. The predicted molar refractivity (Wildman–Crippen MR) is 62.5 cm³/mol. The van der Waals surface area contributed by atoms with E-state index in [9.17, 15) is 13.2 Å². The standard InChI is InChI=1S/C9H8BrF3N4/c10-7-2-5(4-16-17-8(14)15)1-6(3-7)9(11,12)13/h1-4H,(H4,14,15,17). The number of hydrogen-bond acceptors (Lipinski definition) is 2. The molecule has 17 heavy (non-hydrogen) atoms. The van der Waals surface area contributed by atoms with Crippen LogP contribution in [0.2, 0.25) is 0 Å². The minimum absolute atomic E-state index is 0.233. The summed E-state index contributed by atoms with van der Waals surface area (Å²) in [4.78, 5) is 0. The molecule has 0 spiro atoms. The van der Waals surface area contributed by atoms with Crippen molar-refractivity contribution in [3.63, 3.8) is 0 Å². The van der Waals surface area contributed by atoms with Crippen LogP contribution in [0.4, 0.5) is 13.2 Å². The first-order valence-corrected chi connectivity index (χ1v) is 5.08. The van der Waals surface area contributed by atoms with Gasteiger partial charge in [0.1, 0.15) is 0 Å². The minimum Gasteiger partial charge on any atom is -0.369 e. The first kappa shape index (κ1) is 13.5. The molecule has 0 saturated carbocycles. The van der Waals surface area contributed by atoms with Gasteiger partial charge in [0.05, 0.1) is 11.8 Å². The third kappa shape index (κ3) is 4.43. The summed E-state index contributed by atoms with van der Waals surface area (Å²) < 4.78 is 37.7. The summed E-state index contributed by atoms with van der Waals surface area (Å²) in [5.74, 6) is -0.271. The molecule has 0 aliphatic rings. The van der Waals surface area contributed by atoms with Gasteiger partial charge in [0.25, 0.3) is 0 Å². The zero-order valence-corrected chi connectivity index (χ0v) is 9.96. The smallest absolute Gasteiger partial charge is 0.369 e. The molecule has 0 aliphatic heterocycles. The molecule has 0 amide bonds. The molecule has 0 unspecified atom stereocenters. The van der Waals surface area contributed by atoms with E-state index in [0.717, 1.165) is 18.3 Å². The van der Waals surface area contributed by atoms with Crippen LogP contribution in [0.1, 0.15) is 11.1 Å². The molecule has 0 aromatic heterocycles. The van der Waals surface area contributed by atoms with Crippen molar-refractivity contribution in [1.29, 1.82) is 0 Å². The van der Waals surface area contributed by atoms with Gasteiger partial charge in [-0.1, -0.05) is 15.9 Å². The Morgan fingerprint density at radius 3 is 2.41 bits per heavy atom. The van der Waals surface area contributed by atoms with Gasteiger partial charge in [-0.2, -0.15) is 18.3 Å². The number of rotatable bonds is 2. The third-order valence-electron chi connectivity index (χ3n) is 1.63. The Kier molecular flexibility index (Phi) is 4.11. The highest BCUT2D eigenvalue weighted by Crippen LogP contribution is 2.31. The lowest BCUT2D eigenvalue weighted by atomic mass is 10.1. The highest BCUT2D eigenvalue weighted by Gasteiger charge is 2.30. The van der Waals surface area contributed by atoms with Crippen LogP contribution in [-0.4, -0.2) is 12.2 Å². The predicted octanol–water partition coefficient (Wildman–Crippen LogP) is 2.08. The zero-order valence-electron chi connectivity index (χ0n) is 8.37. The zero-order chi connectivity index (χ0) is 13.1. The first-order valence-electron chi connectivity index (χ1n) is 4.29. The lowest BCUT2D eigenvalue weighted by Gasteiger charge is -2.07. The van der Waals surface area contributed by atoms with Crippen molar-refractivity contribution in [2.24, 2.45) is 21.7 Å². The van der Waals surface area contributed by atoms with Crippen LogP contribution in [0.5, 0.6) is 0 Å². The Hall–Kier alpha value is -1.57. The number of halogens is 4. The van der Waals surface area contributed by atoms with Gasteiger partial charge in [-0.3, -0.25) is 0 Å². The van der Waals surface area contributed by atoms with Crippen molar-refractivity contribution >= 4 is 28.1 Å². The largest absolute Gasteiger partial charge is 0.416 e. The highest BCUT2D eigenvalue weighted by atomic mass is 79.9. The van der Waals surface area contributed by atoms with Crippen molar-refractivity contribution in [2.75, 3.05) is 0 Å². The Morgan fingerprint density at radius 2 is 1.88 bits per heavy atom. The molecule has 1 aromatic rings. The van der Waals surface area contributed by atoms with Crippen molar-refractivity contribution in [3.05, 3.63) is 33.8 Å². The molecule has 8 heteroatoms. The Morgan fingerprint density at radius 1 is 1.24 bits per heavy atom. The Labute approximate surface area is 103 Å². The van der Waals surface area contributed by atoms with Gasteiger partial charge in [0, 0.05) is 4.47 Å². The number of benzene rings is 1. The topological polar surface area (TPSA) is 76.8 Å². The second-order valence-electron chi connectivity index (χ2n) is 3.04. The fraction of sp³-hybridized carbons (Fsp3) is 0.111. The number of nitrogens with zero attached hydrogens (tertiary/aromatic N) is 2. The van der Waals surface area contributed by atoms with Gasteiger partial charge in [-0.05, 0) is 23.8 Å². The molecule has 0 atom stereocenters. The van der Waals surface area contributed by atoms with Gasteiger partial charge in [-0.25, -0.2) is 0 Å². The van der Waals surface area contributed by atoms with Gasteiger partial charge in [0.2, 0.25) is 5.96 Å². The van der Waals surface area contributed by atoms with Crippen molar-refractivity contribution in [1.82, 2.24) is 0 Å². The quantitative estimate of drug-likeness (QED) is 0.498. The molecule has 4 N–H and O–H groups in total. The average Bonchev–Trinajstić information content (AvgIpc) is 2.14. The van der Waals surface area contributed by atoms with Crippen LogP contribution in [0, 0.1) is 0 Å². The van der Waals surface area contributed by atoms with Crippen LogP contribution in [-0.2, 0) is 6.18 Å². The first-order chi connectivity index (χ1) is 7.79. The number of guanidine groups is 1. The number of alkyl halides is 3. The second-order valence-corrected chi connectivity index (χ2v) is 3.96. The maximum atomic E-state index is 12.5. The number of nitrogens with two attached hydrogens (primary N) is 2. The summed E-state index contributed by atoms with van der Waals surface area (Å²) in [6.45, 7) is 0. The van der Waals surface area contributed by atoms with Gasteiger partial charge in [0.15, 0.2) is 0 Å². The maximum Gasteiger partial charge on any atom is 0.416 e. The van der Waals surface area contributed by atoms with Crippen LogP contribution >= 0.6 is 15.9 Å². The van der Waals surface area contributed by atoms with Crippen LogP contribution in [0.3, 0.4) is 0 Å². The summed E-state index contributed by atoms with van der Waals surface area (Å²) in [6.07, 6.45) is -3.29. The SMILES string of the molecule is NC(N)=NN=Cc1cc(Br)cc(C(F)(F)F)c1. The van der Waals surface area contributed by atoms with Crippen molar-refractivity contribution < 1.29 is 13.2 Å². The summed E-state index contributed by atoms with van der Waals surface area (Å²) >= 11 is 2.98. The molecule has 4 nitrogen and oxygen atoms in total. The minimum atomic E-state index is -4.41. The van der Waals surface area contributed by atoms with E-state index in [2.05, 4.69) is 26.1 Å². The molecule has 0 heterocycles. The summed E-state index contributed by atoms with van der Waals surface area (Å²) in [5, 5.41) is 6.72. The Bertz CT molecular complexity index is 464. The highest BCUT2D eigenvalue weighted by molar-refractivity contribution is 9.10. The molecule has 1 rings (SSSR count). The van der Waals surface area contributed by atoms with Gasteiger partial charge >= 0.3 is 6.18 Å². The summed E-state index contributed by atoms with van der Waals surface area (Å²) in [6, 6.07) is 3.37. The number of hydrogen-bond donors (Lipinski definition) is 2. The van der Waals surface area contributed by atoms with E-state index in [1.807, 2.05) is 0 Å². The molecule has 0 aliphatic carbocycles. The normalized spacial score (nSPS) is 11.8. The monoisotopic (exact) mass is 308 g/mol. The molecule has 0 fully saturated rings.